The predicted molar refractivity (Wildman–Crippen MR) is 80.6 cm³/mol. The summed E-state index contributed by atoms with van der Waals surface area (Å²) in [5.41, 5.74) is 2.43. The topological polar surface area (TPSA) is 12.0 Å². The van der Waals surface area contributed by atoms with Gasteiger partial charge < -0.3 is 5.32 Å². The summed E-state index contributed by atoms with van der Waals surface area (Å²) in [5, 5.41) is 4.23. The Morgan fingerprint density at radius 2 is 2.24 bits per heavy atom. The Morgan fingerprint density at radius 1 is 1.53 bits per heavy atom. The summed E-state index contributed by atoms with van der Waals surface area (Å²) < 4.78 is 1.07. The molecule has 3 heteroatoms. The van der Waals surface area contributed by atoms with Gasteiger partial charge in [-0.1, -0.05) is 46.1 Å². The Hall–Kier alpha value is -0.310. The highest BCUT2D eigenvalue weighted by Crippen LogP contribution is 2.24. The number of halogens is 2. The van der Waals surface area contributed by atoms with Gasteiger partial charge in [-0.25, -0.2) is 0 Å². The molecule has 0 bridgehead atoms. The number of benzene rings is 1. The van der Waals surface area contributed by atoms with Crippen molar-refractivity contribution in [2.45, 2.75) is 33.2 Å². The molecule has 1 atom stereocenters. The third-order valence-corrected chi connectivity index (χ3v) is 3.68. The zero-order valence-corrected chi connectivity index (χ0v) is 12.9. The van der Waals surface area contributed by atoms with Crippen molar-refractivity contribution >= 4 is 33.6 Å². The summed E-state index contributed by atoms with van der Waals surface area (Å²) in [6.07, 6.45) is 3.32. The maximum Gasteiger partial charge on any atom is 0.0412 e. The van der Waals surface area contributed by atoms with Gasteiger partial charge in [-0.15, -0.1) is 0 Å². The maximum atomic E-state index is 6.00. The van der Waals surface area contributed by atoms with E-state index in [1.807, 2.05) is 18.2 Å². The minimum absolute atomic E-state index is 0.390. The molecule has 94 valence electrons. The minimum atomic E-state index is 0.390. The first-order valence-corrected chi connectivity index (χ1v) is 7.08. The van der Waals surface area contributed by atoms with Crippen LogP contribution in [0.15, 0.2) is 28.2 Å². The summed E-state index contributed by atoms with van der Waals surface area (Å²) in [6, 6.07) is 6.23. The third-order valence-electron chi connectivity index (χ3n) is 2.72. The highest BCUT2D eigenvalue weighted by molar-refractivity contribution is 9.10. The van der Waals surface area contributed by atoms with Gasteiger partial charge >= 0.3 is 0 Å². The van der Waals surface area contributed by atoms with Gasteiger partial charge in [-0.05, 0) is 50.6 Å². The number of rotatable bonds is 5. The molecule has 0 radical (unpaired) electrons. The van der Waals surface area contributed by atoms with Crippen molar-refractivity contribution in [3.05, 3.63) is 38.8 Å². The lowest BCUT2D eigenvalue weighted by Crippen LogP contribution is -2.27. The third kappa shape index (κ3) is 4.82. The molecule has 1 aromatic rings. The van der Waals surface area contributed by atoms with Crippen LogP contribution >= 0.6 is 27.5 Å². The molecule has 0 aliphatic heterocycles. The van der Waals surface area contributed by atoms with Crippen LogP contribution < -0.4 is 5.32 Å². The molecule has 1 rings (SSSR count). The van der Waals surface area contributed by atoms with E-state index in [1.54, 1.807) is 0 Å². The largest absolute Gasteiger partial charge is 0.311 e. The molecule has 1 nitrogen and oxygen atoms in total. The highest BCUT2D eigenvalue weighted by atomic mass is 79.9. The average molecular weight is 317 g/mol. The standard InChI is InChI=1S/C14H19BrClN/c1-4-7-17-11(3)10(2)8-12-9-13(16)5-6-14(12)15/h5-6,8-9,11,17H,4,7H2,1-3H3/b10-8+. The SMILES string of the molecule is CCCNC(C)/C(C)=C/c1cc(Cl)ccc1Br. The number of hydrogen-bond donors (Lipinski definition) is 1. The molecule has 1 unspecified atom stereocenters. The normalized spacial score (nSPS) is 13.8. The van der Waals surface area contributed by atoms with Gasteiger partial charge in [0.2, 0.25) is 0 Å². The van der Waals surface area contributed by atoms with E-state index in [9.17, 15) is 0 Å². The van der Waals surface area contributed by atoms with E-state index in [2.05, 4.69) is 48.1 Å². The number of nitrogens with one attached hydrogen (secondary N) is 1. The Balaban J connectivity index is 2.82. The average Bonchev–Trinajstić information content (AvgIpc) is 2.30. The molecule has 1 aromatic carbocycles. The monoisotopic (exact) mass is 315 g/mol. The van der Waals surface area contributed by atoms with Crippen LogP contribution in [0.2, 0.25) is 5.02 Å². The molecule has 0 amide bonds. The second-order valence-electron chi connectivity index (χ2n) is 4.23. The quantitative estimate of drug-likeness (QED) is 0.815. The van der Waals surface area contributed by atoms with Crippen LogP contribution in [0.25, 0.3) is 6.08 Å². The van der Waals surface area contributed by atoms with Gasteiger partial charge in [0.1, 0.15) is 0 Å². The summed E-state index contributed by atoms with van der Waals surface area (Å²) in [4.78, 5) is 0. The van der Waals surface area contributed by atoms with Gasteiger partial charge in [0.25, 0.3) is 0 Å². The van der Waals surface area contributed by atoms with Gasteiger partial charge in [0.05, 0.1) is 0 Å². The molecule has 0 heterocycles. The van der Waals surface area contributed by atoms with Gasteiger partial charge in [0.15, 0.2) is 0 Å². The van der Waals surface area contributed by atoms with Crippen LogP contribution in [0.5, 0.6) is 0 Å². The van der Waals surface area contributed by atoms with Crippen molar-refractivity contribution in [2.24, 2.45) is 0 Å². The van der Waals surface area contributed by atoms with Crippen molar-refractivity contribution in [2.75, 3.05) is 6.54 Å². The van der Waals surface area contributed by atoms with Crippen LogP contribution in [-0.2, 0) is 0 Å². The lowest BCUT2D eigenvalue weighted by molar-refractivity contribution is 0.604. The second kappa shape index (κ2) is 7.20. The van der Waals surface area contributed by atoms with Gasteiger partial charge in [-0.3, -0.25) is 0 Å². The first-order chi connectivity index (χ1) is 8.04. The van der Waals surface area contributed by atoms with E-state index in [-0.39, 0.29) is 0 Å². The Morgan fingerprint density at radius 3 is 2.88 bits per heavy atom. The van der Waals surface area contributed by atoms with Crippen molar-refractivity contribution in [3.63, 3.8) is 0 Å². The van der Waals surface area contributed by atoms with Crippen molar-refractivity contribution in [1.82, 2.24) is 5.32 Å². The summed E-state index contributed by atoms with van der Waals surface area (Å²) in [6.45, 7) is 7.54. The lowest BCUT2D eigenvalue weighted by Gasteiger charge is -2.14. The van der Waals surface area contributed by atoms with Crippen molar-refractivity contribution < 1.29 is 0 Å². The van der Waals surface area contributed by atoms with Gasteiger partial charge in [0, 0.05) is 15.5 Å². The minimum Gasteiger partial charge on any atom is -0.311 e. The molecule has 0 aliphatic carbocycles. The van der Waals surface area contributed by atoms with Crippen LogP contribution in [0.1, 0.15) is 32.8 Å². The van der Waals surface area contributed by atoms with Crippen molar-refractivity contribution in [3.8, 4) is 0 Å². The Bertz CT molecular complexity index is 401. The maximum absolute atomic E-state index is 6.00. The molecule has 0 saturated carbocycles. The van der Waals surface area contributed by atoms with E-state index < -0.39 is 0 Å². The predicted octanol–water partition coefficient (Wildman–Crippen LogP) is 4.89. The van der Waals surface area contributed by atoms with E-state index in [4.69, 9.17) is 11.6 Å². The Kier molecular flexibility index (Phi) is 6.24. The molecule has 0 fully saturated rings. The summed E-state index contributed by atoms with van der Waals surface area (Å²) >= 11 is 9.53. The van der Waals surface area contributed by atoms with Gasteiger partial charge in [-0.2, -0.15) is 0 Å². The summed E-state index contributed by atoms with van der Waals surface area (Å²) in [7, 11) is 0. The fourth-order valence-corrected chi connectivity index (χ4v) is 2.06. The fraction of sp³-hybridized carbons (Fsp3) is 0.429. The molecule has 17 heavy (non-hydrogen) atoms. The number of hydrogen-bond acceptors (Lipinski definition) is 1. The lowest BCUT2D eigenvalue weighted by atomic mass is 10.1. The van der Waals surface area contributed by atoms with Crippen LogP contribution in [-0.4, -0.2) is 12.6 Å². The summed E-state index contributed by atoms with van der Waals surface area (Å²) in [5.74, 6) is 0. The van der Waals surface area contributed by atoms with Crippen molar-refractivity contribution in [1.29, 1.82) is 0 Å². The van der Waals surface area contributed by atoms with E-state index >= 15 is 0 Å². The zero-order valence-electron chi connectivity index (χ0n) is 10.6. The van der Waals surface area contributed by atoms with Crippen LogP contribution in [0.4, 0.5) is 0 Å². The molecular weight excluding hydrogens is 298 g/mol. The fourth-order valence-electron chi connectivity index (χ4n) is 1.52. The Labute approximate surface area is 117 Å². The zero-order chi connectivity index (χ0) is 12.8. The second-order valence-corrected chi connectivity index (χ2v) is 5.52. The van der Waals surface area contributed by atoms with E-state index in [0.29, 0.717) is 6.04 Å². The van der Waals surface area contributed by atoms with E-state index in [1.165, 1.54) is 5.57 Å². The first-order valence-electron chi connectivity index (χ1n) is 5.91. The molecular formula is C14H19BrClN. The smallest absolute Gasteiger partial charge is 0.0412 e. The molecule has 1 N–H and O–H groups in total. The highest BCUT2D eigenvalue weighted by Gasteiger charge is 2.04. The molecule has 0 spiro atoms. The first kappa shape index (κ1) is 14.7. The molecule has 0 aromatic heterocycles. The van der Waals surface area contributed by atoms with Crippen LogP contribution in [0, 0.1) is 0 Å². The van der Waals surface area contributed by atoms with Crippen LogP contribution in [0.3, 0.4) is 0 Å². The molecule has 0 saturated heterocycles. The molecule has 0 aliphatic rings. The van der Waals surface area contributed by atoms with E-state index in [0.717, 1.165) is 28.0 Å².